The number of pyridine rings is 2. The van der Waals surface area contributed by atoms with Crippen LogP contribution < -0.4 is 0 Å². The summed E-state index contributed by atoms with van der Waals surface area (Å²) in [7, 11) is 0. The molecule has 0 spiro atoms. The lowest BCUT2D eigenvalue weighted by Gasteiger charge is -2.08. The van der Waals surface area contributed by atoms with Gasteiger partial charge in [-0.15, -0.1) is 0 Å². The first-order chi connectivity index (χ1) is 11.0. The van der Waals surface area contributed by atoms with Gasteiger partial charge >= 0.3 is 0 Å². The Hall–Kier alpha value is -2.68. The van der Waals surface area contributed by atoms with Crippen molar-refractivity contribution < 1.29 is 4.42 Å². The van der Waals surface area contributed by atoms with Gasteiger partial charge in [0.2, 0.25) is 0 Å². The summed E-state index contributed by atoms with van der Waals surface area (Å²) >= 11 is 0. The number of hydrogen-bond acceptors (Lipinski definition) is 3. The monoisotopic (exact) mass is 302 g/mol. The molecule has 0 aliphatic carbocycles. The van der Waals surface area contributed by atoms with Crippen LogP contribution in [0, 0.1) is 27.7 Å². The van der Waals surface area contributed by atoms with E-state index in [1.165, 1.54) is 5.56 Å². The number of aromatic nitrogens is 2. The molecule has 0 fully saturated rings. The Kier molecular flexibility index (Phi) is 2.98. The molecule has 0 aliphatic heterocycles. The van der Waals surface area contributed by atoms with Crippen molar-refractivity contribution in [2.24, 2.45) is 0 Å². The van der Waals surface area contributed by atoms with Crippen molar-refractivity contribution in [3.63, 3.8) is 0 Å². The van der Waals surface area contributed by atoms with Crippen LogP contribution in [0.15, 0.2) is 40.8 Å². The van der Waals surface area contributed by atoms with Crippen molar-refractivity contribution in [2.45, 2.75) is 27.7 Å². The van der Waals surface area contributed by atoms with Crippen LogP contribution in [0.2, 0.25) is 0 Å². The minimum atomic E-state index is 0.844. The van der Waals surface area contributed by atoms with Crippen molar-refractivity contribution >= 4 is 21.9 Å². The first-order valence-corrected chi connectivity index (χ1v) is 7.78. The maximum atomic E-state index is 6.07. The first kappa shape index (κ1) is 13.9. The number of hydrogen-bond donors (Lipinski definition) is 0. The molecule has 0 radical (unpaired) electrons. The summed E-state index contributed by atoms with van der Waals surface area (Å²) in [5.74, 6) is 0.844. The Labute approximate surface area is 135 Å². The second-order valence-corrected chi connectivity index (χ2v) is 6.12. The minimum absolute atomic E-state index is 0.844. The van der Waals surface area contributed by atoms with Gasteiger partial charge in [-0.3, -0.25) is 4.98 Å². The molecule has 0 aliphatic rings. The van der Waals surface area contributed by atoms with E-state index in [0.29, 0.717) is 0 Å². The van der Waals surface area contributed by atoms with Crippen LogP contribution in [-0.4, -0.2) is 9.97 Å². The lowest BCUT2D eigenvalue weighted by atomic mass is 10.1. The molecule has 3 aromatic heterocycles. The lowest BCUT2D eigenvalue weighted by Crippen LogP contribution is -1.95. The van der Waals surface area contributed by atoms with Gasteiger partial charge in [-0.2, -0.15) is 0 Å². The molecule has 3 heterocycles. The molecular weight excluding hydrogens is 284 g/mol. The van der Waals surface area contributed by atoms with Gasteiger partial charge in [0.15, 0.2) is 5.76 Å². The normalized spacial score (nSPS) is 11.5. The van der Waals surface area contributed by atoms with Crippen LogP contribution in [0.3, 0.4) is 0 Å². The highest BCUT2D eigenvalue weighted by atomic mass is 16.3. The first-order valence-electron chi connectivity index (χ1n) is 7.78. The number of para-hydroxylation sites is 1. The maximum absolute atomic E-state index is 6.07. The zero-order valence-corrected chi connectivity index (χ0v) is 13.8. The summed E-state index contributed by atoms with van der Waals surface area (Å²) in [5.41, 5.74) is 7.02. The van der Waals surface area contributed by atoms with Gasteiger partial charge in [-0.05, 0) is 51.5 Å². The van der Waals surface area contributed by atoms with E-state index < -0.39 is 0 Å². The average molecular weight is 302 g/mol. The van der Waals surface area contributed by atoms with Gasteiger partial charge in [0, 0.05) is 22.0 Å². The largest absolute Gasteiger partial charge is 0.454 e. The Bertz CT molecular complexity index is 1060. The fraction of sp³-hybridized carbons (Fsp3) is 0.200. The second-order valence-electron chi connectivity index (χ2n) is 6.12. The van der Waals surface area contributed by atoms with Gasteiger partial charge in [0.05, 0.1) is 11.2 Å². The van der Waals surface area contributed by atoms with E-state index in [4.69, 9.17) is 9.40 Å². The van der Waals surface area contributed by atoms with E-state index in [-0.39, 0.29) is 0 Å². The van der Waals surface area contributed by atoms with E-state index in [0.717, 1.165) is 50.3 Å². The highest BCUT2D eigenvalue weighted by molar-refractivity contribution is 5.90. The van der Waals surface area contributed by atoms with Gasteiger partial charge < -0.3 is 4.42 Å². The van der Waals surface area contributed by atoms with Crippen molar-refractivity contribution in [3.8, 4) is 11.5 Å². The minimum Gasteiger partial charge on any atom is -0.454 e. The molecule has 0 bridgehead atoms. The number of rotatable bonds is 1. The molecule has 0 unspecified atom stereocenters. The molecule has 0 atom stereocenters. The zero-order valence-electron chi connectivity index (χ0n) is 13.8. The molecule has 4 aromatic rings. The van der Waals surface area contributed by atoms with Crippen LogP contribution in [0.25, 0.3) is 33.3 Å². The van der Waals surface area contributed by atoms with E-state index in [2.05, 4.69) is 37.0 Å². The molecular formula is C20H18N2O. The number of fused-ring (bicyclic) bond motifs is 2. The van der Waals surface area contributed by atoms with Crippen molar-refractivity contribution in [2.75, 3.05) is 0 Å². The van der Waals surface area contributed by atoms with Gasteiger partial charge in [0.25, 0.3) is 0 Å². The number of furan rings is 1. The van der Waals surface area contributed by atoms with Gasteiger partial charge in [-0.1, -0.05) is 18.2 Å². The number of aryl methyl sites for hydroxylation is 4. The summed E-state index contributed by atoms with van der Waals surface area (Å²) in [4.78, 5) is 9.40. The number of nitrogens with zero attached hydrogens (tertiary/aromatic N) is 2. The molecule has 3 heteroatoms. The van der Waals surface area contributed by atoms with Crippen molar-refractivity contribution in [1.29, 1.82) is 0 Å². The summed E-state index contributed by atoms with van der Waals surface area (Å²) in [6.45, 7) is 8.23. The predicted octanol–water partition coefficient (Wildman–Crippen LogP) is 5.28. The Morgan fingerprint density at radius 1 is 0.870 bits per heavy atom. The molecule has 3 nitrogen and oxygen atoms in total. The van der Waals surface area contributed by atoms with E-state index in [1.54, 1.807) is 0 Å². The van der Waals surface area contributed by atoms with Crippen LogP contribution in [0.4, 0.5) is 0 Å². The zero-order chi connectivity index (χ0) is 16.1. The molecule has 0 amide bonds. The molecule has 0 saturated carbocycles. The molecule has 1 aromatic carbocycles. The third kappa shape index (κ3) is 2.12. The molecule has 23 heavy (non-hydrogen) atoms. The number of benzene rings is 1. The summed E-state index contributed by atoms with van der Waals surface area (Å²) in [5, 5.41) is 2.30. The highest BCUT2D eigenvalue weighted by Crippen LogP contribution is 2.34. The maximum Gasteiger partial charge on any atom is 0.156 e. The SMILES string of the molecule is Cc1cc2c(C)cc(-c3oc4ccccc4c3C)nc2c(C)n1. The van der Waals surface area contributed by atoms with E-state index in [1.807, 2.05) is 32.0 Å². The van der Waals surface area contributed by atoms with Gasteiger partial charge in [-0.25, -0.2) is 4.98 Å². The smallest absolute Gasteiger partial charge is 0.156 e. The Morgan fingerprint density at radius 2 is 1.65 bits per heavy atom. The Morgan fingerprint density at radius 3 is 2.43 bits per heavy atom. The highest BCUT2D eigenvalue weighted by Gasteiger charge is 2.15. The van der Waals surface area contributed by atoms with Crippen LogP contribution >= 0.6 is 0 Å². The molecule has 0 N–H and O–H groups in total. The average Bonchev–Trinajstić information content (AvgIpc) is 2.86. The lowest BCUT2D eigenvalue weighted by molar-refractivity contribution is 0.626. The summed E-state index contributed by atoms with van der Waals surface area (Å²) in [6.07, 6.45) is 0. The quantitative estimate of drug-likeness (QED) is 0.480. The third-order valence-corrected chi connectivity index (χ3v) is 4.38. The molecule has 4 rings (SSSR count). The van der Waals surface area contributed by atoms with Crippen LogP contribution in [0.1, 0.15) is 22.5 Å². The van der Waals surface area contributed by atoms with E-state index >= 15 is 0 Å². The van der Waals surface area contributed by atoms with Crippen LogP contribution in [0.5, 0.6) is 0 Å². The fourth-order valence-corrected chi connectivity index (χ4v) is 3.23. The van der Waals surface area contributed by atoms with Crippen molar-refractivity contribution in [3.05, 3.63) is 58.9 Å². The molecule has 114 valence electrons. The Balaban J connectivity index is 2.03. The fourth-order valence-electron chi connectivity index (χ4n) is 3.23. The molecule has 0 saturated heterocycles. The summed E-state index contributed by atoms with van der Waals surface area (Å²) < 4.78 is 6.07. The van der Waals surface area contributed by atoms with E-state index in [9.17, 15) is 0 Å². The topological polar surface area (TPSA) is 38.9 Å². The van der Waals surface area contributed by atoms with Gasteiger partial charge in [0.1, 0.15) is 11.3 Å². The second kappa shape index (κ2) is 4.92. The summed E-state index contributed by atoms with van der Waals surface area (Å²) in [6, 6.07) is 12.3. The third-order valence-electron chi connectivity index (χ3n) is 4.38. The predicted molar refractivity (Wildman–Crippen MR) is 93.7 cm³/mol. The van der Waals surface area contributed by atoms with Crippen LogP contribution in [-0.2, 0) is 0 Å². The standard InChI is InChI=1S/C20H18N2O/c1-11-9-17(22-19-14(4)21-12(2)10-16(11)19)20-13(3)15-7-5-6-8-18(15)23-20/h5-10H,1-4H3. The van der Waals surface area contributed by atoms with Crippen molar-refractivity contribution in [1.82, 2.24) is 9.97 Å².